The summed E-state index contributed by atoms with van der Waals surface area (Å²) in [7, 11) is 0. The van der Waals surface area contributed by atoms with Crippen LogP contribution in [0.2, 0.25) is 0 Å². The number of nitrogens with two attached hydrogens (primary N) is 1. The Bertz CT molecular complexity index is 675. The standard InChI is InChI=1S/C16H15N3O/c17-15-4-2-1-3-13(15)9-19-14-7-5-12(6-8-14)16-10-18-11-20-16/h1-8,10-11,19H,9,17H2. The summed E-state index contributed by atoms with van der Waals surface area (Å²) in [6.07, 6.45) is 3.13. The highest BCUT2D eigenvalue weighted by Crippen LogP contribution is 2.21. The van der Waals surface area contributed by atoms with Crippen LogP contribution in [0.3, 0.4) is 0 Å². The molecule has 100 valence electrons. The maximum atomic E-state index is 5.91. The number of oxazole rings is 1. The second kappa shape index (κ2) is 5.48. The lowest BCUT2D eigenvalue weighted by Crippen LogP contribution is -2.02. The predicted octanol–water partition coefficient (Wildman–Crippen LogP) is 3.54. The van der Waals surface area contributed by atoms with E-state index in [0.29, 0.717) is 6.54 Å². The Balaban J connectivity index is 1.68. The van der Waals surface area contributed by atoms with Gasteiger partial charge in [-0.2, -0.15) is 0 Å². The normalized spacial score (nSPS) is 10.4. The molecule has 0 aliphatic rings. The Kier molecular flexibility index (Phi) is 3.37. The molecule has 0 unspecified atom stereocenters. The Labute approximate surface area is 117 Å². The second-order valence-electron chi connectivity index (χ2n) is 4.50. The topological polar surface area (TPSA) is 64.1 Å². The van der Waals surface area contributed by atoms with Crippen molar-refractivity contribution in [3.8, 4) is 11.3 Å². The maximum absolute atomic E-state index is 5.91. The fraction of sp³-hybridized carbons (Fsp3) is 0.0625. The minimum absolute atomic E-state index is 0.703. The van der Waals surface area contributed by atoms with Crippen molar-refractivity contribution in [2.24, 2.45) is 0 Å². The van der Waals surface area contributed by atoms with Gasteiger partial charge in [-0.05, 0) is 35.9 Å². The van der Waals surface area contributed by atoms with Crippen LogP contribution in [0.5, 0.6) is 0 Å². The molecule has 3 N–H and O–H groups in total. The Morgan fingerprint density at radius 3 is 2.55 bits per heavy atom. The lowest BCUT2D eigenvalue weighted by Gasteiger charge is -2.09. The first kappa shape index (κ1) is 12.3. The first-order chi connectivity index (χ1) is 9.83. The van der Waals surface area contributed by atoms with Gasteiger partial charge in [0.15, 0.2) is 12.2 Å². The van der Waals surface area contributed by atoms with Crippen LogP contribution in [0.25, 0.3) is 11.3 Å². The van der Waals surface area contributed by atoms with Crippen molar-refractivity contribution in [1.82, 2.24) is 4.98 Å². The van der Waals surface area contributed by atoms with E-state index in [2.05, 4.69) is 10.3 Å². The molecule has 0 atom stereocenters. The van der Waals surface area contributed by atoms with Gasteiger partial charge in [0.25, 0.3) is 0 Å². The van der Waals surface area contributed by atoms with Crippen molar-refractivity contribution in [3.63, 3.8) is 0 Å². The van der Waals surface area contributed by atoms with Crippen LogP contribution < -0.4 is 11.1 Å². The van der Waals surface area contributed by atoms with Gasteiger partial charge in [0.1, 0.15) is 0 Å². The molecule has 0 saturated heterocycles. The summed E-state index contributed by atoms with van der Waals surface area (Å²) in [5, 5.41) is 3.35. The average Bonchev–Trinajstić information content (AvgIpc) is 3.01. The highest BCUT2D eigenvalue weighted by atomic mass is 16.3. The summed E-state index contributed by atoms with van der Waals surface area (Å²) in [6.45, 7) is 0.703. The first-order valence-electron chi connectivity index (χ1n) is 6.39. The summed E-state index contributed by atoms with van der Waals surface area (Å²) >= 11 is 0. The van der Waals surface area contributed by atoms with Crippen LogP contribution in [-0.4, -0.2) is 4.98 Å². The van der Waals surface area contributed by atoms with E-state index >= 15 is 0 Å². The number of anilines is 2. The fourth-order valence-electron chi connectivity index (χ4n) is 2.00. The molecular formula is C16H15N3O. The number of hydrogen-bond donors (Lipinski definition) is 2. The molecule has 1 heterocycles. The molecule has 3 aromatic rings. The molecule has 20 heavy (non-hydrogen) atoms. The quantitative estimate of drug-likeness (QED) is 0.708. The number of nitrogens with one attached hydrogen (secondary N) is 1. The third kappa shape index (κ3) is 2.64. The minimum atomic E-state index is 0.703. The number of hydrogen-bond acceptors (Lipinski definition) is 4. The number of nitrogens with zero attached hydrogens (tertiary/aromatic N) is 1. The summed E-state index contributed by atoms with van der Waals surface area (Å²) in [6, 6.07) is 15.9. The maximum Gasteiger partial charge on any atom is 0.181 e. The number of para-hydroxylation sites is 1. The first-order valence-corrected chi connectivity index (χ1v) is 6.39. The van der Waals surface area contributed by atoms with E-state index in [9.17, 15) is 0 Å². The van der Waals surface area contributed by atoms with Crippen molar-refractivity contribution >= 4 is 11.4 Å². The molecule has 0 fully saturated rings. The van der Waals surface area contributed by atoms with Crippen molar-refractivity contribution in [3.05, 3.63) is 66.7 Å². The molecule has 4 heteroatoms. The van der Waals surface area contributed by atoms with Gasteiger partial charge in [-0.3, -0.25) is 0 Å². The van der Waals surface area contributed by atoms with Gasteiger partial charge in [-0.1, -0.05) is 18.2 Å². The van der Waals surface area contributed by atoms with E-state index in [1.807, 2.05) is 48.5 Å². The average molecular weight is 265 g/mol. The van der Waals surface area contributed by atoms with Crippen LogP contribution in [-0.2, 0) is 6.54 Å². The van der Waals surface area contributed by atoms with E-state index in [1.54, 1.807) is 6.20 Å². The molecule has 0 amide bonds. The van der Waals surface area contributed by atoms with E-state index in [0.717, 1.165) is 28.3 Å². The van der Waals surface area contributed by atoms with E-state index in [1.165, 1.54) is 6.39 Å². The Morgan fingerprint density at radius 2 is 1.85 bits per heavy atom. The highest BCUT2D eigenvalue weighted by Gasteiger charge is 2.02. The van der Waals surface area contributed by atoms with Gasteiger partial charge < -0.3 is 15.5 Å². The van der Waals surface area contributed by atoms with Gasteiger partial charge in [0, 0.05) is 23.5 Å². The number of benzene rings is 2. The van der Waals surface area contributed by atoms with Crippen LogP contribution >= 0.6 is 0 Å². The van der Waals surface area contributed by atoms with Gasteiger partial charge in [-0.25, -0.2) is 4.98 Å². The van der Waals surface area contributed by atoms with E-state index in [4.69, 9.17) is 10.2 Å². The molecule has 0 saturated carbocycles. The molecule has 3 rings (SSSR count). The highest BCUT2D eigenvalue weighted by molar-refractivity contribution is 5.60. The van der Waals surface area contributed by atoms with Crippen LogP contribution in [0.1, 0.15) is 5.56 Å². The van der Waals surface area contributed by atoms with Gasteiger partial charge >= 0.3 is 0 Å². The van der Waals surface area contributed by atoms with Gasteiger partial charge in [-0.15, -0.1) is 0 Å². The number of nitrogen functional groups attached to an aromatic ring is 1. The SMILES string of the molecule is Nc1ccccc1CNc1ccc(-c2cnco2)cc1. The Morgan fingerprint density at radius 1 is 1.05 bits per heavy atom. The molecule has 0 spiro atoms. The predicted molar refractivity (Wildman–Crippen MR) is 80.1 cm³/mol. The minimum Gasteiger partial charge on any atom is -0.444 e. The molecule has 1 aromatic heterocycles. The lowest BCUT2D eigenvalue weighted by molar-refractivity contribution is 0.572. The van der Waals surface area contributed by atoms with Crippen LogP contribution in [0.4, 0.5) is 11.4 Å². The second-order valence-corrected chi connectivity index (χ2v) is 4.50. The number of rotatable bonds is 4. The zero-order valence-electron chi connectivity index (χ0n) is 10.9. The molecular weight excluding hydrogens is 250 g/mol. The smallest absolute Gasteiger partial charge is 0.181 e. The Hall–Kier alpha value is -2.75. The zero-order valence-corrected chi connectivity index (χ0v) is 10.9. The summed E-state index contributed by atoms with van der Waals surface area (Å²) in [4.78, 5) is 3.91. The monoisotopic (exact) mass is 265 g/mol. The molecule has 0 radical (unpaired) electrons. The van der Waals surface area contributed by atoms with Crippen molar-refractivity contribution in [2.45, 2.75) is 6.54 Å². The molecule has 4 nitrogen and oxygen atoms in total. The van der Waals surface area contributed by atoms with Crippen molar-refractivity contribution in [2.75, 3.05) is 11.1 Å². The van der Waals surface area contributed by atoms with Gasteiger partial charge in [0.2, 0.25) is 0 Å². The fourth-order valence-corrected chi connectivity index (χ4v) is 2.00. The molecule has 0 bridgehead atoms. The molecule has 0 aliphatic heterocycles. The molecule has 0 aliphatic carbocycles. The molecule has 2 aromatic carbocycles. The lowest BCUT2D eigenvalue weighted by atomic mass is 10.1. The summed E-state index contributed by atoms with van der Waals surface area (Å²) in [5.74, 6) is 0.767. The third-order valence-electron chi connectivity index (χ3n) is 3.14. The van der Waals surface area contributed by atoms with Crippen LogP contribution in [0, 0.1) is 0 Å². The number of aromatic nitrogens is 1. The van der Waals surface area contributed by atoms with Crippen molar-refractivity contribution in [1.29, 1.82) is 0 Å². The third-order valence-corrected chi connectivity index (χ3v) is 3.14. The van der Waals surface area contributed by atoms with E-state index < -0.39 is 0 Å². The summed E-state index contributed by atoms with van der Waals surface area (Å²) < 4.78 is 5.26. The zero-order chi connectivity index (χ0) is 13.8. The van der Waals surface area contributed by atoms with Crippen LogP contribution in [0.15, 0.2) is 65.5 Å². The van der Waals surface area contributed by atoms with Crippen molar-refractivity contribution < 1.29 is 4.42 Å². The largest absolute Gasteiger partial charge is 0.444 e. The summed E-state index contributed by atoms with van der Waals surface area (Å²) in [5.41, 5.74) is 9.85. The van der Waals surface area contributed by atoms with E-state index in [-0.39, 0.29) is 0 Å². The van der Waals surface area contributed by atoms with Gasteiger partial charge in [0.05, 0.1) is 6.20 Å².